The van der Waals surface area contributed by atoms with Crippen LogP contribution in [0.3, 0.4) is 0 Å². The summed E-state index contributed by atoms with van der Waals surface area (Å²) >= 11 is 0. The highest BCUT2D eigenvalue weighted by Gasteiger charge is 2.21. The number of hydrogen-bond donors (Lipinski definition) is 1. The third kappa shape index (κ3) is 1.46. The molecule has 2 N–H and O–H groups in total. The van der Waals surface area contributed by atoms with Crippen LogP contribution in [0.25, 0.3) is 0 Å². The summed E-state index contributed by atoms with van der Waals surface area (Å²) in [5.41, 5.74) is 5.58. The molecule has 0 aliphatic carbocycles. The quantitative estimate of drug-likeness (QED) is 0.732. The van der Waals surface area contributed by atoms with Gasteiger partial charge in [-0.1, -0.05) is 0 Å². The van der Waals surface area contributed by atoms with Crippen LogP contribution in [0.4, 0.5) is 0 Å². The van der Waals surface area contributed by atoms with Crippen molar-refractivity contribution in [3.8, 4) is 0 Å². The summed E-state index contributed by atoms with van der Waals surface area (Å²) < 4.78 is 2.26. The zero-order valence-electron chi connectivity index (χ0n) is 8.03. The molecule has 1 aliphatic heterocycles. The fourth-order valence-electron chi connectivity index (χ4n) is 2.15. The van der Waals surface area contributed by atoms with Crippen LogP contribution in [-0.2, 0) is 6.42 Å². The molecular weight excluding hydrogens is 164 g/mol. The first kappa shape index (κ1) is 8.69. The predicted molar refractivity (Wildman–Crippen MR) is 50.4 cm³/mol. The number of fused-ring (bicyclic) bond motifs is 1. The molecule has 1 unspecified atom stereocenters. The Morgan fingerprint density at radius 2 is 2.38 bits per heavy atom. The number of aromatic nitrogens is 3. The molecule has 1 aliphatic rings. The zero-order chi connectivity index (χ0) is 9.26. The maximum atomic E-state index is 5.58. The van der Waals surface area contributed by atoms with Crippen molar-refractivity contribution in [3.05, 3.63) is 11.6 Å². The Morgan fingerprint density at radius 3 is 3.15 bits per heavy atom. The van der Waals surface area contributed by atoms with E-state index in [0.717, 1.165) is 31.0 Å². The topological polar surface area (TPSA) is 56.7 Å². The fraction of sp³-hybridized carbons (Fsp3) is 0.778. The molecule has 1 atom stereocenters. The van der Waals surface area contributed by atoms with Gasteiger partial charge in [0.05, 0.1) is 0 Å². The highest BCUT2D eigenvalue weighted by molar-refractivity contribution is 5.00. The van der Waals surface area contributed by atoms with Crippen molar-refractivity contribution in [2.75, 3.05) is 6.54 Å². The van der Waals surface area contributed by atoms with Gasteiger partial charge in [-0.05, 0) is 32.7 Å². The summed E-state index contributed by atoms with van der Waals surface area (Å²) in [6.07, 6.45) is 4.57. The molecule has 0 radical (unpaired) electrons. The number of rotatable bonds is 2. The molecule has 13 heavy (non-hydrogen) atoms. The van der Waals surface area contributed by atoms with Gasteiger partial charge < -0.3 is 10.3 Å². The molecule has 0 saturated heterocycles. The molecule has 0 saturated carbocycles. The summed E-state index contributed by atoms with van der Waals surface area (Å²) in [6.45, 7) is 2.77. The largest absolute Gasteiger partial charge is 0.330 e. The maximum absolute atomic E-state index is 5.58. The van der Waals surface area contributed by atoms with Crippen LogP contribution < -0.4 is 5.73 Å². The molecule has 0 fully saturated rings. The lowest BCUT2D eigenvalue weighted by Crippen LogP contribution is -2.21. The Hall–Kier alpha value is -0.900. The van der Waals surface area contributed by atoms with E-state index in [0.29, 0.717) is 6.04 Å². The molecule has 1 aromatic rings. The number of nitrogens with zero attached hydrogens (tertiary/aromatic N) is 3. The fourth-order valence-corrected chi connectivity index (χ4v) is 2.15. The van der Waals surface area contributed by atoms with E-state index < -0.39 is 0 Å². The highest BCUT2D eigenvalue weighted by Crippen LogP contribution is 2.26. The molecular formula is C9H16N4. The Bertz CT molecular complexity index is 292. The van der Waals surface area contributed by atoms with E-state index in [-0.39, 0.29) is 0 Å². The first-order valence-corrected chi connectivity index (χ1v) is 4.93. The van der Waals surface area contributed by atoms with Gasteiger partial charge in [0.15, 0.2) is 0 Å². The van der Waals surface area contributed by atoms with E-state index in [1.807, 2.05) is 6.92 Å². The van der Waals surface area contributed by atoms with E-state index in [4.69, 9.17) is 5.73 Å². The van der Waals surface area contributed by atoms with Crippen molar-refractivity contribution >= 4 is 0 Å². The SMILES string of the molecule is Cc1nnc2n1C(CCN)CCC2. The monoisotopic (exact) mass is 180 g/mol. The van der Waals surface area contributed by atoms with Gasteiger partial charge in [0, 0.05) is 12.5 Å². The van der Waals surface area contributed by atoms with Crippen LogP contribution in [0.5, 0.6) is 0 Å². The average Bonchev–Trinajstić information content (AvgIpc) is 2.50. The molecule has 2 rings (SSSR count). The predicted octanol–water partition coefficient (Wildman–Crippen LogP) is 0.813. The highest BCUT2D eigenvalue weighted by atomic mass is 15.3. The Morgan fingerprint density at radius 1 is 1.54 bits per heavy atom. The average molecular weight is 180 g/mol. The van der Waals surface area contributed by atoms with E-state index in [2.05, 4.69) is 14.8 Å². The molecule has 0 amide bonds. The molecule has 0 spiro atoms. The van der Waals surface area contributed by atoms with E-state index in [9.17, 15) is 0 Å². The van der Waals surface area contributed by atoms with Crippen LogP contribution >= 0.6 is 0 Å². The van der Waals surface area contributed by atoms with E-state index >= 15 is 0 Å². The normalized spacial score (nSPS) is 21.5. The number of hydrogen-bond acceptors (Lipinski definition) is 3. The smallest absolute Gasteiger partial charge is 0.133 e. The van der Waals surface area contributed by atoms with Crippen molar-refractivity contribution in [2.45, 2.75) is 38.6 Å². The van der Waals surface area contributed by atoms with Crippen molar-refractivity contribution in [1.82, 2.24) is 14.8 Å². The molecule has 4 heteroatoms. The second-order valence-corrected chi connectivity index (χ2v) is 3.66. The van der Waals surface area contributed by atoms with Crippen molar-refractivity contribution in [2.24, 2.45) is 5.73 Å². The van der Waals surface area contributed by atoms with Gasteiger partial charge in [-0.3, -0.25) is 0 Å². The molecule has 2 heterocycles. The van der Waals surface area contributed by atoms with Crippen LogP contribution in [-0.4, -0.2) is 21.3 Å². The number of aryl methyl sites for hydroxylation is 2. The lowest BCUT2D eigenvalue weighted by Gasteiger charge is -2.24. The van der Waals surface area contributed by atoms with Crippen molar-refractivity contribution < 1.29 is 0 Å². The van der Waals surface area contributed by atoms with Gasteiger partial charge in [-0.15, -0.1) is 10.2 Å². The summed E-state index contributed by atoms with van der Waals surface area (Å²) in [5, 5.41) is 8.26. The van der Waals surface area contributed by atoms with Gasteiger partial charge in [0.2, 0.25) is 0 Å². The van der Waals surface area contributed by atoms with Crippen molar-refractivity contribution in [3.63, 3.8) is 0 Å². The lowest BCUT2D eigenvalue weighted by molar-refractivity contribution is 0.373. The molecule has 1 aromatic heterocycles. The Kier molecular flexibility index (Phi) is 2.31. The first-order valence-electron chi connectivity index (χ1n) is 4.93. The third-order valence-electron chi connectivity index (χ3n) is 2.74. The molecule has 0 bridgehead atoms. The zero-order valence-corrected chi connectivity index (χ0v) is 8.03. The van der Waals surface area contributed by atoms with Crippen LogP contribution in [0.15, 0.2) is 0 Å². The second-order valence-electron chi connectivity index (χ2n) is 3.66. The van der Waals surface area contributed by atoms with E-state index in [1.165, 1.54) is 12.8 Å². The summed E-state index contributed by atoms with van der Waals surface area (Å²) in [7, 11) is 0. The van der Waals surface area contributed by atoms with Gasteiger partial charge in [-0.25, -0.2) is 0 Å². The van der Waals surface area contributed by atoms with E-state index in [1.54, 1.807) is 0 Å². The molecule has 0 aromatic carbocycles. The maximum Gasteiger partial charge on any atom is 0.133 e. The Balaban J connectivity index is 2.29. The van der Waals surface area contributed by atoms with Crippen LogP contribution in [0.1, 0.15) is 37.0 Å². The second kappa shape index (κ2) is 3.46. The lowest BCUT2D eigenvalue weighted by atomic mass is 10.0. The van der Waals surface area contributed by atoms with Gasteiger partial charge >= 0.3 is 0 Å². The number of nitrogens with two attached hydrogens (primary N) is 1. The first-order chi connectivity index (χ1) is 6.33. The van der Waals surface area contributed by atoms with Gasteiger partial charge in [-0.2, -0.15) is 0 Å². The van der Waals surface area contributed by atoms with Gasteiger partial charge in [0.1, 0.15) is 11.6 Å². The van der Waals surface area contributed by atoms with Gasteiger partial charge in [0.25, 0.3) is 0 Å². The Labute approximate surface area is 78.1 Å². The minimum atomic E-state index is 0.545. The third-order valence-corrected chi connectivity index (χ3v) is 2.74. The van der Waals surface area contributed by atoms with Crippen LogP contribution in [0.2, 0.25) is 0 Å². The molecule has 4 nitrogen and oxygen atoms in total. The minimum Gasteiger partial charge on any atom is -0.330 e. The summed E-state index contributed by atoms with van der Waals surface area (Å²) in [6, 6.07) is 0.545. The van der Waals surface area contributed by atoms with Crippen LogP contribution in [0, 0.1) is 6.92 Å². The minimum absolute atomic E-state index is 0.545. The summed E-state index contributed by atoms with van der Waals surface area (Å²) in [4.78, 5) is 0. The standard InChI is InChI=1S/C9H16N4/c1-7-11-12-9-4-2-3-8(5-6-10)13(7)9/h8H,2-6,10H2,1H3. The molecule has 72 valence electrons. The summed E-state index contributed by atoms with van der Waals surface area (Å²) in [5.74, 6) is 2.18. The van der Waals surface area contributed by atoms with Crippen molar-refractivity contribution in [1.29, 1.82) is 0 Å².